The first kappa shape index (κ1) is 21.6. The number of aromatic nitrogens is 1. The number of para-hydroxylation sites is 1. The number of benzene rings is 3. The minimum atomic E-state index is -2.77. The number of aliphatic hydroxyl groups excluding tert-OH is 1. The van der Waals surface area contributed by atoms with Crippen LogP contribution in [0.2, 0.25) is 0 Å². The molecule has 0 aliphatic carbocycles. The van der Waals surface area contributed by atoms with Crippen molar-refractivity contribution < 1.29 is 18.3 Å². The van der Waals surface area contributed by atoms with Gasteiger partial charge in [-0.25, -0.2) is 13.4 Å². The molecular weight excluding hydrogens is 456 g/mol. The molecule has 0 saturated carbocycles. The Kier molecular flexibility index (Phi) is 6.13. The predicted octanol–water partition coefficient (Wildman–Crippen LogP) is 4.70. The van der Waals surface area contributed by atoms with Crippen LogP contribution in [0.1, 0.15) is 17.4 Å². The largest absolute Gasteiger partial charge is 0.493 e. The van der Waals surface area contributed by atoms with Gasteiger partial charge in [0.15, 0.2) is 0 Å². The molecule has 0 amide bonds. The second-order valence-corrected chi connectivity index (χ2v) is 9.49. The van der Waals surface area contributed by atoms with Gasteiger partial charge in [0.05, 0.1) is 24.1 Å². The molecule has 5 rings (SSSR count). The van der Waals surface area contributed by atoms with Crippen LogP contribution < -0.4 is 9.46 Å². The van der Waals surface area contributed by atoms with Crippen molar-refractivity contribution in [1.82, 2.24) is 4.98 Å². The Bertz CT molecular complexity index is 1340. The number of rotatable bonds is 6. The number of hydrogen-bond acceptors (Lipinski definition) is 6. The van der Waals surface area contributed by atoms with Gasteiger partial charge in [0.2, 0.25) is 10.9 Å². The third kappa shape index (κ3) is 4.64. The Morgan fingerprint density at radius 2 is 1.82 bits per heavy atom. The zero-order valence-corrected chi connectivity index (χ0v) is 19.3. The Morgan fingerprint density at radius 3 is 2.64 bits per heavy atom. The second-order valence-electron chi connectivity index (χ2n) is 7.90. The first-order chi connectivity index (χ1) is 16.1. The van der Waals surface area contributed by atoms with Gasteiger partial charge in [-0.1, -0.05) is 60.7 Å². The maximum atomic E-state index is 11.2. The molecule has 33 heavy (non-hydrogen) atoms. The molecule has 6 nitrogen and oxygen atoms in total. The van der Waals surface area contributed by atoms with Crippen molar-refractivity contribution in [3.05, 3.63) is 89.4 Å². The summed E-state index contributed by atoms with van der Waals surface area (Å²) in [6.45, 7) is 0.377. The summed E-state index contributed by atoms with van der Waals surface area (Å²) in [7, 11) is -2.77. The molecular formula is C25H22N2O4S2. The summed E-state index contributed by atoms with van der Waals surface area (Å²) in [5, 5.41) is 14.1. The van der Waals surface area contributed by atoms with E-state index in [9.17, 15) is 13.5 Å². The number of aliphatic hydroxyl groups is 1. The number of thiol groups is 1. The maximum Gasteiger partial charge on any atom is 0.222 e. The number of fused-ring (bicyclic) bond motifs is 1. The first-order valence-corrected chi connectivity index (χ1v) is 12.6. The predicted molar refractivity (Wildman–Crippen MR) is 131 cm³/mol. The molecule has 0 spiro atoms. The molecule has 168 valence electrons. The van der Waals surface area contributed by atoms with E-state index < -0.39 is 17.0 Å². The van der Waals surface area contributed by atoms with Crippen LogP contribution in [0.4, 0.5) is 5.69 Å². The van der Waals surface area contributed by atoms with E-state index in [1.54, 1.807) is 23.5 Å². The monoisotopic (exact) mass is 478 g/mol. The molecule has 4 aromatic rings. The number of thiazole rings is 1. The summed E-state index contributed by atoms with van der Waals surface area (Å²) < 4.78 is 30.8. The van der Waals surface area contributed by atoms with Crippen molar-refractivity contribution in [3.8, 4) is 27.4 Å². The van der Waals surface area contributed by atoms with E-state index in [2.05, 4.69) is 4.72 Å². The van der Waals surface area contributed by atoms with Crippen molar-refractivity contribution in [2.45, 2.75) is 12.5 Å². The summed E-state index contributed by atoms with van der Waals surface area (Å²) in [5.41, 5.74) is 4.82. The van der Waals surface area contributed by atoms with Gasteiger partial charge in [0.25, 0.3) is 0 Å². The number of ether oxygens (including phenoxy) is 1. The highest BCUT2D eigenvalue weighted by molar-refractivity contribution is 7.73. The highest BCUT2D eigenvalue weighted by Gasteiger charge is 2.30. The zero-order chi connectivity index (χ0) is 22.8. The van der Waals surface area contributed by atoms with E-state index in [4.69, 9.17) is 9.72 Å². The normalized spacial score (nSPS) is 17.4. The lowest BCUT2D eigenvalue weighted by atomic mass is 9.88. The van der Waals surface area contributed by atoms with Gasteiger partial charge < -0.3 is 9.84 Å². The molecule has 2 N–H and O–H groups in total. The maximum absolute atomic E-state index is 11.2. The van der Waals surface area contributed by atoms with E-state index in [1.807, 2.05) is 66.0 Å². The molecule has 0 saturated heterocycles. The van der Waals surface area contributed by atoms with Crippen molar-refractivity contribution in [2.75, 3.05) is 11.3 Å². The van der Waals surface area contributed by atoms with Crippen LogP contribution in [0.5, 0.6) is 5.75 Å². The molecule has 0 fully saturated rings. The van der Waals surface area contributed by atoms with Crippen LogP contribution in [0.25, 0.3) is 21.7 Å². The fourth-order valence-electron chi connectivity index (χ4n) is 4.10. The molecule has 1 aliphatic rings. The SMILES string of the molecule is O=[SH](=O)Nc1ccccc1-c1ccc2c(c1)OC[C@@H](Cc1csc(-c3ccccc3)n1)[C@@H]2O. The summed E-state index contributed by atoms with van der Waals surface area (Å²) in [6.07, 6.45) is -0.0520. The quantitative estimate of drug-likeness (QED) is 0.350. The standard InChI is InChI=1S/C25H22N2O4S2/c28-24-18(12-19-15-32-25(26-19)16-6-2-1-3-7-16)14-31-23-13-17(10-11-21(23)24)20-8-4-5-9-22(20)27-33(29)30/h1-11,13,15,18,24,28,33H,12,14H2,(H,27,29,30)/t18-,24+/m1/s1. The summed E-state index contributed by atoms with van der Waals surface area (Å²) in [5.74, 6) is 0.508. The molecule has 1 aromatic heterocycles. The summed E-state index contributed by atoms with van der Waals surface area (Å²) in [6, 6.07) is 22.8. The third-order valence-corrected chi connectivity index (χ3v) is 7.09. The minimum Gasteiger partial charge on any atom is -0.493 e. The van der Waals surface area contributed by atoms with Crippen LogP contribution in [-0.2, 0) is 17.3 Å². The minimum absolute atomic E-state index is 0.104. The van der Waals surface area contributed by atoms with E-state index in [0.717, 1.165) is 33.0 Å². The van der Waals surface area contributed by atoms with Crippen molar-refractivity contribution in [1.29, 1.82) is 0 Å². The van der Waals surface area contributed by atoms with E-state index >= 15 is 0 Å². The Labute approximate surface area is 197 Å². The van der Waals surface area contributed by atoms with E-state index in [0.29, 0.717) is 24.5 Å². The lowest BCUT2D eigenvalue weighted by Crippen LogP contribution is -2.27. The van der Waals surface area contributed by atoms with Gasteiger partial charge in [0, 0.05) is 28.0 Å². The van der Waals surface area contributed by atoms with Crippen LogP contribution in [0, 0.1) is 5.92 Å². The van der Waals surface area contributed by atoms with Gasteiger partial charge in [-0.2, -0.15) is 0 Å². The van der Waals surface area contributed by atoms with Crippen molar-refractivity contribution in [3.63, 3.8) is 0 Å². The van der Waals surface area contributed by atoms with E-state index in [1.165, 1.54) is 0 Å². The molecule has 1 aliphatic heterocycles. The van der Waals surface area contributed by atoms with Crippen LogP contribution in [0.3, 0.4) is 0 Å². The average molecular weight is 479 g/mol. The molecule has 0 unspecified atom stereocenters. The number of anilines is 1. The van der Waals surface area contributed by atoms with Crippen molar-refractivity contribution >= 4 is 27.9 Å². The second kappa shape index (κ2) is 9.35. The topological polar surface area (TPSA) is 88.5 Å². The number of nitrogens with one attached hydrogen (secondary N) is 1. The Balaban J connectivity index is 1.35. The van der Waals surface area contributed by atoms with Gasteiger partial charge in [0.1, 0.15) is 10.8 Å². The average Bonchev–Trinajstić information content (AvgIpc) is 3.30. The molecule has 0 radical (unpaired) electrons. The van der Waals surface area contributed by atoms with Gasteiger partial charge in [-0.05, 0) is 24.1 Å². The van der Waals surface area contributed by atoms with Gasteiger partial charge >= 0.3 is 0 Å². The van der Waals surface area contributed by atoms with Crippen LogP contribution in [-0.4, -0.2) is 25.1 Å². The van der Waals surface area contributed by atoms with E-state index in [-0.39, 0.29) is 5.92 Å². The molecule has 8 heteroatoms. The van der Waals surface area contributed by atoms with Crippen LogP contribution in [0.15, 0.2) is 78.2 Å². The molecule has 2 heterocycles. The Morgan fingerprint density at radius 1 is 1.03 bits per heavy atom. The zero-order valence-electron chi connectivity index (χ0n) is 17.5. The smallest absolute Gasteiger partial charge is 0.222 e. The van der Waals surface area contributed by atoms with Crippen LogP contribution >= 0.6 is 11.3 Å². The highest BCUT2D eigenvalue weighted by atomic mass is 32.2. The fraction of sp³-hybridized carbons (Fsp3) is 0.160. The summed E-state index contributed by atoms with van der Waals surface area (Å²) >= 11 is 1.60. The molecule has 0 bridgehead atoms. The third-order valence-electron chi connectivity index (χ3n) is 5.73. The fourth-order valence-corrected chi connectivity index (χ4v) is 5.33. The number of hydrogen-bond donors (Lipinski definition) is 3. The van der Waals surface area contributed by atoms with Gasteiger partial charge in [-0.3, -0.25) is 4.72 Å². The highest BCUT2D eigenvalue weighted by Crippen LogP contribution is 2.40. The van der Waals surface area contributed by atoms with Crippen molar-refractivity contribution in [2.24, 2.45) is 5.92 Å². The van der Waals surface area contributed by atoms with Gasteiger partial charge in [-0.15, -0.1) is 11.3 Å². The first-order valence-electron chi connectivity index (χ1n) is 10.5. The lowest BCUT2D eigenvalue weighted by Gasteiger charge is -2.30. The molecule has 2 atom stereocenters. The lowest BCUT2D eigenvalue weighted by molar-refractivity contribution is 0.0504. The Hall–Kier alpha value is -3.20. The molecule has 3 aromatic carbocycles. The summed E-state index contributed by atoms with van der Waals surface area (Å²) in [4.78, 5) is 4.75. The number of nitrogens with zero attached hydrogens (tertiary/aromatic N) is 1.